The number of anilines is 1. The second kappa shape index (κ2) is 7.12. The molecule has 0 spiro atoms. The highest BCUT2D eigenvalue weighted by atomic mass is 19.1. The van der Waals surface area contributed by atoms with E-state index in [1.54, 1.807) is 20.8 Å². The van der Waals surface area contributed by atoms with E-state index >= 15 is 0 Å². The Balaban J connectivity index is 2.09. The van der Waals surface area contributed by atoms with Crippen molar-refractivity contribution in [3.05, 3.63) is 46.6 Å². The molecule has 3 N–H and O–H groups in total. The van der Waals surface area contributed by atoms with E-state index in [-0.39, 0.29) is 11.6 Å². The molecule has 2 aromatic rings. The summed E-state index contributed by atoms with van der Waals surface area (Å²) in [6.45, 7) is 5.35. The van der Waals surface area contributed by atoms with E-state index in [1.165, 1.54) is 19.2 Å². The highest BCUT2D eigenvalue weighted by molar-refractivity contribution is 5.97. The number of carbonyl (C=O) groups is 2. The number of benzene rings is 1. The maximum absolute atomic E-state index is 13.6. The van der Waals surface area contributed by atoms with Gasteiger partial charge >= 0.3 is 6.03 Å². The van der Waals surface area contributed by atoms with Gasteiger partial charge < -0.3 is 20.5 Å². The molecule has 2 rings (SSSR count). The summed E-state index contributed by atoms with van der Waals surface area (Å²) in [4.78, 5) is 23.7. The smallest absolute Gasteiger partial charge is 0.319 e. The molecule has 0 saturated heterocycles. The van der Waals surface area contributed by atoms with E-state index < -0.39 is 17.8 Å². The monoisotopic (exact) mass is 334 g/mol. The molecule has 0 aliphatic carbocycles. The molecule has 1 heterocycles. The summed E-state index contributed by atoms with van der Waals surface area (Å²) < 4.78 is 18.7. The Morgan fingerprint density at radius 3 is 2.58 bits per heavy atom. The van der Waals surface area contributed by atoms with Crippen LogP contribution in [0.5, 0.6) is 0 Å². The summed E-state index contributed by atoms with van der Waals surface area (Å²) in [5.74, 6) is -0.603. The Bertz CT molecular complexity index is 753. The molecule has 0 bridgehead atoms. The summed E-state index contributed by atoms with van der Waals surface area (Å²) in [6, 6.07) is 2.96. The Morgan fingerprint density at radius 2 is 2.00 bits per heavy atom. The average Bonchev–Trinajstić information content (AvgIpc) is 2.87. The summed E-state index contributed by atoms with van der Waals surface area (Å²) in [7, 11) is 1.40. The van der Waals surface area contributed by atoms with Crippen molar-refractivity contribution in [2.45, 2.75) is 26.8 Å². The largest absolute Gasteiger partial charge is 0.361 e. The first-order valence-corrected chi connectivity index (χ1v) is 7.35. The lowest BCUT2D eigenvalue weighted by Crippen LogP contribution is -2.31. The van der Waals surface area contributed by atoms with Crippen molar-refractivity contribution >= 4 is 17.6 Å². The predicted octanol–water partition coefficient (Wildman–Crippen LogP) is 2.67. The standard InChI is InChI=1S/C16H19FN4O3/c1-8(14-9(2)21-24-10(14)3)19-16(23)20-11-5-6-13(17)12(7-11)15(22)18-4/h5-8H,1-4H3,(H,18,22)(H2,19,20,23). The van der Waals surface area contributed by atoms with Crippen molar-refractivity contribution in [2.24, 2.45) is 0 Å². The van der Waals surface area contributed by atoms with Gasteiger partial charge in [-0.15, -0.1) is 0 Å². The summed E-state index contributed by atoms with van der Waals surface area (Å²) >= 11 is 0. The van der Waals surface area contributed by atoms with Crippen molar-refractivity contribution in [1.82, 2.24) is 15.8 Å². The van der Waals surface area contributed by atoms with Gasteiger partial charge in [0.25, 0.3) is 5.91 Å². The fourth-order valence-corrected chi connectivity index (χ4v) is 2.46. The first-order chi connectivity index (χ1) is 11.3. The maximum Gasteiger partial charge on any atom is 0.319 e. The van der Waals surface area contributed by atoms with Crippen LogP contribution in [0.1, 0.15) is 40.3 Å². The summed E-state index contributed by atoms with van der Waals surface area (Å²) in [5.41, 5.74) is 1.66. The van der Waals surface area contributed by atoms with Crippen LogP contribution in [0.15, 0.2) is 22.7 Å². The number of halogens is 1. The Morgan fingerprint density at radius 1 is 1.29 bits per heavy atom. The number of carbonyl (C=O) groups excluding carboxylic acids is 2. The summed E-state index contributed by atoms with van der Waals surface area (Å²) in [6.07, 6.45) is 0. The molecule has 24 heavy (non-hydrogen) atoms. The molecule has 1 aromatic carbocycles. The van der Waals surface area contributed by atoms with Crippen LogP contribution in [0.2, 0.25) is 0 Å². The molecule has 0 aliphatic heterocycles. The van der Waals surface area contributed by atoms with Crippen LogP contribution in [0.4, 0.5) is 14.9 Å². The zero-order chi connectivity index (χ0) is 17.9. The highest BCUT2D eigenvalue weighted by Crippen LogP contribution is 2.21. The van der Waals surface area contributed by atoms with Crippen molar-refractivity contribution in [2.75, 3.05) is 12.4 Å². The number of aryl methyl sites for hydroxylation is 2. The van der Waals surface area contributed by atoms with Crippen LogP contribution in [-0.2, 0) is 0 Å². The van der Waals surface area contributed by atoms with E-state index in [9.17, 15) is 14.0 Å². The first kappa shape index (κ1) is 17.5. The lowest BCUT2D eigenvalue weighted by Gasteiger charge is -2.15. The van der Waals surface area contributed by atoms with E-state index in [2.05, 4.69) is 21.1 Å². The molecule has 7 nitrogen and oxygen atoms in total. The van der Waals surface area contributed by atoms with Crippen LogP contribution < -0.4 is 16.0 Å². The van der Waals surface area contributed by atoms with Gasteiger partial charge in [0.15, 0.2) is 0 Å². The molecule has 0 saturated carbocycles. The molecular weight excluding hydrogens is 315 g/mol. The minimum Gasteiger partial charge on any atom is -0.361 e. The lowest BCUT2D eigenvalue weighted by atomic mass is 10.1. The van der Waals surface area contributed by atoms with E-state index in [0.717, 1.165) is 11.6 Å². The van der Waals surface area contributed by atoms with Gasteiger partial charge in [0.2, 0.25) is 0 Å². The number of rotatable bonds is 4. The fourth-order valence-electron chi connectivity index (χ4n) is 2.46. The summed E-state index contributed by atoms with van der Waals surface area (Å²) in [5, 5.41) is 11.5. The fraction of sp³-hybridized carbons (Fsp3) is 0.312. The number of nitrogens with zero attached hydrogens (tertiary/aromatic N) is 1. The maximum atomic E-state index is 13.6. The molecule has 0 fully saturated rings. The van der Waals surface area contributed by atoms with Crippen LogP contribution >= 0.6 is 0 Å². The second-order valence-electron chi connectivity index (χ2n) is 5.33. The number of urea groups is 1. The minimum atomic E-state index is -0.663. The third kappa shape index (κ3) is 3.70. The van der Waals surface area contributed by atoms with Crippen LogP contribution in [0, 0.1) is 19.7 Å². The van der Waals surface area contributed by atoms with Crippen LogP contribution in [0.25, 0.3) is 0 Å². The molecule has 3 amide bonds. The number of hydrogen-bond acceptors (Lipinski definition) is 4. The Hall–Kier alpha value is -2.90. The third-order valence-corrected chi connectivity index (χ3v) is 3.57. The lowest BCUT2D eigenvalue weighted by molar-refractivity contribution is 0.0959. The van der Waals surface area contributed by atoms with Crippen LogP contribution in [-0.4, -0.2) is 24.1 Å². The molecule has 8 heteroatoms. The number of hydrogen-bond donors (Lipinski definition) is 3. The van der Waals surface area contributed by atoms with Gasteiger partial charge in [-0.1, -0.05) is 5.16 Å². The zero-order valence-corrected chi connectivity index (χ0v) is 13.9. The number of amides is 3. The quantitative estimate of drug-likeness (QED) is 0.801. The topological polar surface area (TPSA) is 96.3 Å². The third-order valence-electron chi connectivity index (χ3n) is 3.57. The molecule has 1 atom stereocenters. The van der Waals surface area contributed by atoms with Crippen molar-refractivity contribution in [1.29, 1.82) is 0 Å². The normalized spacial score (nSPS) is 11.7. The van der Waals surface area contributed by atoms with Gasteiger partial charge in [0.1, 0.15) is 11.6 Å². The Labute approximate surface area is 138 Å². The van der Waals surface area contributed by atoms with Gasteiger partial charge in [-0.25, -0.2) is 9.18 Å². The molecule has 0 aliphatic rings. The number of nitrogens with one attached hydrogen (secondary N) is 3. The molecule has 1 unspecified atom stereocenters. The minimum absolute atomic E-state index is 0.144. The van der Waals surface area contributed by atoms with Gasteiger partial charge in [0, 0.05) is 18.3 Å². The van der Waals surface area contributed by atoms with E-state index in [1.807, 2.05) is 0 Å². The van der Waals surface area contributed by atoms with Gasteiger partial charge in [-0.05, 0) is 39.0 Å². The van der Waals surface area contributed by atoms with Gasteiger partial charge in [-0.3, -0.25) is 4.79 Å². The van der Waals surface area contributed by atoms with Gasteiger partial charge in [-0.2, -0.15) is 0 Å². The highest BCUT2D eigenvalue weighted by Gasteiger charge is 2.18. The van der Waals surface area contributed by atoms with Crippen molar-refractivity contribution in [3.8, 4) is 0 Å². The number of aromatic nitrogens is 1. The molecule has 1 aromatic heterocycles. The van der Waals surface area contributed by atoms with E-state index in [4.69, 9.17) is 4.52 Å². The zero-order valence-electron chi connectivity index (χ0n) is 13.9. The van der Waals surface area contributed by atoms with E-state index in [0.29, 0.717) is 17.1 Å². The predicted molar refractivity (Wildman–Crippen MR) is 86.3 cm³/mol. The van der Waals surface area contributed by atoms with Crippen molar-refractivity contribution < 1.29 is 18.5 Å². The van der Waals surface area contributed by atoms with Crippen molar-refractivity contribution in [3.63, 3.8) is 0 Å². The first-order valence-electron chi connectivity index (χ1n) is 7.35. The molecule has 0 radical (unpaired) electrons. The Kier molecular flexibility index (Phi) is 5.18. The second-order valence-corrected chi connectivity index (χ2v) is 5.33. The van der Waals surface area contributed by atoms with Gasteiger partial charge in [0.05, 0.1) is 17.3 Å². The SMILES string of the molecule is CNC(=O)c1cc(NC(=O)NC(C)c2c(C)noc2C)ccc1F. The van der Waals surface area contributed by atoms with Crippen LogP contribution in [0.3, 0.4) is 0 Å². The average molecular weight is 334 g/mol. The molecule has 128 valence electrons. The molecular formula is C16H19FN4O3.